The van der Waals surface area contributed by atoms with E-state index >= 15 is 0 Å². The zero-order valence-electron chi connectivity index (χ0n) is 22.0. The van der Waals surface area contributed by atoms with E-state index < -0.39 is 41.3 Å². The first-order valence-corrected chi connectivity index (χ1v) is 12.9. The summed E-state index contributed by atoms with van der Waals surface area (Å²) in [6.45, 7) is 4.57. The van der Waals surface area contributed by atoms with Crippen LogP contribution in [-0.2, 0) is 34.1 Å². The highest BCUT2D eigenvalue weighted by Gasteiger charge is 2.59. The molecule has 2 aliphatic rings. The van der Waals surface area contributed by atoms with Crippen molar-refractivity contribution in [1.29, 1.82) is 5.26 Å². The van der Waals surface area contributed by atoms with Crippen molar-refractivity contribution in [3.05, 3.63) is 24.2 Å². The molecule has 4 atom stereocenters. The third-order valence-corrected chi connectivity index (χ3v) is 7.08. The third kappa shape index (κ3) is 5.60. The molecule has 1 saturated carbocycles. The quantitative estimate of drug-likeness (QED) is 0.292. The van der Waals surface area contributed by atoms with Crippen molar-refractivity contribution in [3.63, 3.8) is 0 Å². The number of aliphatic hydroxyl groups is 1. The Morgan fingerprint density at radius 2 is 2.03 bits per heavy atom. The van der Waals surface area contributed by atoms with Gasteiger partial charge in [-0.2, -0.15) is 10.4 Å². The van der Waals surface area contributed by atoms with Crippen LogP contribution in [0.3, 0.4) is 0 Å². The van der Waals surface area contributed by atoms with Crippen molar-refractivity contribution in [2.75, 3.05) is 19.1 Å². The van der Waals surface area contributed by atoms with Gasteiger partial charge in [-0.15, -0.1) is 0 Å². The number of carbonyl (C=O) groups is 2. The molecule has 3 N–H and O–H groups in total. The van der Waals surface area contributed by atoms with Crippen LogP contribution in [0.5, 0.6) is 0 Å². The second kappa shape index (κ2) is 11.2. The topological polar surface area (TPSA) is 171 Å². The van der Waals surface area contributed by atoms with Gasteiger partial charge in [-0.05, 0) is 51.7 Å². The molecule has 1 aliphatic carbocycles. The average molecular weight is 530 g/mol. The SMILES string of the molecule is CC(C)(C)C(=O)OCOC[C@H]1O[C@@](C#N)(c2ccc3c(N)ncnn23)[C@H](O)[C@@H]1OC(=O)CC1CCCCC1. The molecule has 0 amide bonds. The van der Waals surface area contributed by atoms with E-state index in [9.17, 15) is 20.0 Å². The number of esters is 2. The van der Waals surface area contributed by atoms with Crippen LogP contribution in [0.15, 0.2) is 18.5 Å². The molecule has 0 aromatic carbocycles. The highest BCUT2D eigenvalue weighted by molar-refractivity contribution is 5.75. The molecule has 1 aliphatic heterocycles. The molecule has 2 aromatic rings. The fraction of sp³-hybridized carbons (Fsp3) is 0.654. The van der Waals surface area contributed by atoms with Gasteiger partial charge < -0.3 is 29.8 Å². The zero-order chi connectivity index (χ0) is 27.5. The van der Waals surface area contributed by atoms with Gasteiger partial charge in [0.1, 0.15) is 30.1 Å². The zero-order valence-corrected chi connectivity index (χ0v) is 22.0. The lowest BCUT2D eigenvalue weighted by molar-refractivity contribution is -0.172. The summed E-state index contributed by atoms with van der Waals surface area (Å²) in [5.74, 6) is -0.530. The van der Waals surface area contributed by atoms with Gasteiger partial charge in [-0.3, -0.25) is 9.59 Å². The number of aliphatic hydroxyl groups excluding tert-OH is 1. The Bertz CT molecular complexity index is 1200. The predicted molar refractivity (Wildman–Crippen MR) is 133 cm³/mol. The molecule has 3 heterocycles. The smallest absolute Gasteiger partial charge is 0.313 e. The van der Waals surface area contributed by atoms with E-state index in [-0.39, 0.29) is 37.3 Å². The Labute approximate surface area is 221 Å². The number of nitriles is 1. The summed E-state index contributed by atoms with van der Waals surface area (Å²) in [6.07, 6.45) is 2.83. The number of anilines is 1. The highest BCUT2D eigenvalue weighted by Crippen LogP contribution is 2.42. The molecule has 0 unspecified atom stereocenters. The van der Waals surface area contributed by atoms with Crippen LogP contribution in [0.4, 0.5) is 5.82 Å². The number of ether oxygens (including phenoxy) is 4. The first-order valence-electron chi connectivity index (χ1n) is 12.9. The van der Waals surface area contributed by atoms with Crippen molar-refractivity contribution >= 4 is 23.3 Å². The molecule has 12 heteroatoms. The Hall–Kier alpha value is -3.27. The summed E-state index contributed by atoms with van der Waals surface area (Å²) >= 11 is 0. The summed E-state index contributed by atoms with van der Waals surface area (Å²) in [4.78, 5) is 28.9. The van der Waals surface area contributed by atoms with Crippen LogP contribution in [0.25, 0.3) is 5.52 Å². The Morgan fingerprint density at radius 1 is 1.29 bits per heavy atom. The number of nitrogens with zero attached hydrogens (tertiary/aromatic N) is 4. The molecule has 0 bridgehead atoms. The van der Waals surface area contributed by atoms with Crippen LogP contribution in [-0.4, -0.2) is 63.4 Å². The monoisotopic (exact) mass is 529 g/mol. The van der Waals surface area contributed by atoms with Crippen molar-refractivity contribution in [3.8, 4) is 6.07 Å². The molecular formula is C26H35N5O7. The van der Waals surface area contributed by atoms with E-state index in [2.05, 4.69) is 16.2 Å². The molecule has 2 aromatic heterocycles. The van der Waals surface area contributed by atoms with Gasteiger partial charge in [0, 0.05) is 6.42 Å². The first kappa shape index (κ1) is 27.8. The van der Waals surface area contributed by atoms with E-state index in [1.807, 2.05) is 0 Å². The van der Waals surface area contributed by atoms with Gasteiger partial charge in [0.2, 0.25) is 5.60 Å². The second-order valence-electron chi connectivity index (χ2n) is 10.9. The number of rotatable bonds is 8. The van der Waals surface area contributed by atoms with Gasteiger partial charge in [-0.25, -0.2) is 9.50 Å². The van der Waals surface area contributed by atoms with Crippen LogP contribution in [0, 0.1) is 22.7 Å². The summed E-state index contributed by atoms with van der Waals surface area (Å²) in [5, 5.41) is 25.9. The van der Waals surface area contributed by atoms with Gasteiger partial charge in [-0.1, -0.05) is 19.3 Å². The Kier molecular flexibility index (Phi) is 8.20. The normalized spacial score (nSPS) is 26.2. The second-order valence-corrected chi connectivity index (χ2v) is 10.9. The number of nitrogen functional groups attached to an aromatic ring is 1. The molecule has 1 saturated heterocycles. The maximum Gasteiger partial charge on any atom is 0.313 e. The lowest BCUT2D eigenvalue weighted by Crippen LogP contribution is -2.43. The lowest BCUT2D eigenvalue weighted by Gasteiger charge is -2.25. The van der Waals surface area contributed by atoms with Crippen LogP contribution in [0.1, 0.15) is 65.0 Å². The average Bonchev–Trinajstić information content (AvgIpc) is 3.43. The van der Waals surface area contributed by atoms with Gasteiger partial charge in [0.05, 0.1) is 17.7 Å². The number of carbonyl (C=O) groups excluding carboxylic acids is 2. The Balaban J connectivity index is 1.55. The molecule has 38 heavy (non-hydrogen) atoms. The minimum absolute atomic E-state index is 0.183. The predicted octanol–water partition coefficient (Wildman–Crippen LogP) is 2.24. The molecular weight excluding hydrogens is 494 g/mol. The summed E-state index contributed by atoms with van der Waals surface area (Å²) in [7, 11) is 0. The first-order chi connectivity index (χ1) is 18.1. The lowest BCUT2D eigenvalue weighted by atomic mass is 9.87. The fourth-order valence-corrected chi connectivity index (χ4v) is 4.98. The van der Waals surface area contributed by atoms with E-state index in [1.54, 1.807) is 32.9 Å². The van der Waals surface area contributed by atoms with Crippen LogP contribution < -0.4 is 5.73 Å². The summed E-state index contributed by atoms with van der Waals surface area (Å²) < 4.78 is 23.9. The number of aromatic nitrogens is 3. The highest BCUT2D eigenvalue weighted by atomic mass is 16.7. The molecule has 206 valence electrons. The molecule has 0 radical (unpaired) electrons. The van der Waals surface area contributed by atoms with Crippen LogP contribution in [0.2, 0.25) is 0 Å². The van der Waals surface area contributed by atoms with Crippen LogP contribution >= 0.6 is 0 Å². The number of nitrogens with two attached hydrogens (primary N) is 1. The van der Waals surface area contributed by atoms with E-state index in [0.29, 0.717) is 5.52 Å². The van der Waals surface area contributed by atoms with E-state index in [0.717, 1.165) is 32.1 Å². The van der Waals surface area contributed by atoms with Gasteiger partial charge in [0.25, 0.3) is 0 Å². The van der Waals surface area contributed by atoms with Gasteiger partial charge >= 0.3 is 11.9 Å². The third-order valence-electron chi connectivity index (χ3n) is 7.08. The largest absolute Gasteiger partial charge is 0.457 e. The van der Waals surface area contributed by atoms with Gasteiger partial charge in [0.15, 0.2) is 18.7 Å². The maximum atomic E-state index is 12.9. The summed E-state index contributed by atoms with van der Waals surface area (Å²) in [5.41, 5.74) is 3.91. The molecule has 12 nitrogen and oxygen atoms in total. The number of hydrogen-bond acceptors (Lipinski definition) is 11. The minimum atomic E-state index is -1.95. The minimum Gasteiger partial charge on any atom is -0.457 e. The van der Waals surface area contributed by atoms with Crippen molar-refractivity contribution < 1.29 is 33.6 Å². The molecule has 2 fully saturated rings. The van der Waals surface area contributed by atoms with Crippen molar-refractivity contribution in [2.45, 2.75) is 83.2 Å². The number of hydrogen-bond donors (Lipinski definition) is 2. The summed E-state index contributed by atoms with van der Waals surface area (Å²) in [6, 6.07) is 5.23. The van der Waals surface area contributed by atoms with Crippen molar-refractivity contribution in [1.82, 2.24) is 14.6 Å². The maximum absolute atomic E-state index is 12.9. The van der Waals surface area contributed by atoms with E-state index in [1.165, 1.54) is 10.8 Å². The number of fused-ring (bicyclic) bond motifs is 1. The molecule has 4 rings (SSSR count). The fourth-order valence-electron chi connectivity index (χ4n) is 4.98. The standard InChI is InChI=1S/C26H35N5O7/c1-25(2,3)24(34)36-15-35-12-18-21(37-20(32)11-16-7-5-4-6-8-16)22(33)26(13-27,38-18)19-10-9-17-23(28)29-14-30-31(17)19/h9-10,14,16,18,21-22,33H,4-8,11-12,15H2,1-3H3,(H2,28,29,30)/t18-,21-,22-,26+/m1/s1. The Morgan fingerprint density at radius 3 is 2.71 bits per heavy atom. The van der Waals surface area contributed by atoms with E-state index in [4.69, 9.17) is 24.7 Å². The molecule has 0 spiro atoms. The van der Waals surface area contributed by atoms with Crippen molar-refractivity contribution in [2.24, 2.45) is 11.3 Å².